The summed E-state index contributed by atoms with van der Waals surface area (Å²) in [5, 5.41) is 0.977. The maximum atomic E-state index is 14.4. The van der Waals surface area contributed by atoms with Crippen LogP contribution in [0.1, 0.15) is 43.0 Å². The number of ether oxygens (including phenoxy) is 2. The fourth-order valence-electron chi connectivity index (χ4n) is 7.46. The van der Waals surface area contributed by atoms with Crippen LogP contribution in [0.4, 0.5) is 9.59 Å². The molecule has 10 nitrogen and oxygen atoms in total. The van der Waals surface area contributed by atoms with E-state index >= 15 is 0 Å². The highest BCUT2D eigenvalue weighted by molar-refractivity contribution is 7.90. The Hall–Kier alpha value is -5.81. The highest BCUT2D eigenvalue weighted by atomic mass is 32.2. The maximum Gasteiger partial charge on any atom is 0.417 e. The van der Waals surface area contributed by atoms with Crippen molar-refractivity contribution >= 4 is 44.6 Å². The van der Waals surface area contributed by atoms with E-state index in [1.165, 1.54) is 0 Å². The van der Waals surface area contributed by atoms with Crippen LogP contribution in [-0.2, 0) is 43.7 Å². The monoisotopic (exact) mass is 700 g/mol. The molecule has 2 fully saturated rings. The van der Waals surface area contributed by atoms with Crippen LogP contribution in [0.5, 0.6) is 0 Å². The number of amides is 4. The van der Waals surface area contributed by atoms with Gasteiger partial charge in [-0.05, 0) is 75.2 Å². The molecule has 0 spiro atoms. The van der Waals surface area contributed by atoms with Crippen molar-refractivity contribution in [1.29, 1.82) is 0 Å². The molecule has 256 valence electrons. The first-order chi connectivity index (χ1) is 24.7. The molecule has 0 aromatic heterocycles. The minimum absolute atomic E-state index is 0.0409. The topological polar surface area (TPSA) is 127 Å². The van der Waals surface area contributed by atoms with Gasteiger partial charge in [0.1, 0.15) is 13.2 Å². The molecule has 5 aromatic rings. The minimum atomic E-state index is -3.55. The van der Waals surface area contributed by atoms with Crippen molar-refractivity contribution in [3.05, 3.63) is 143 Å². The van der Waals surface area contributed by atoms with Crippen LogP contribution in [0.2, 0.25) is 0 Å². The van der Waals surface area contributed by atoms with Gasteiger partial charge in [-0.1, -0.05) is 91.0 Å². The molecule has 0 N–H and O–H groups in total. The third kappa shape index (κ3) is 5.93. The average Bonchev–Trinajstić information content (AvgIpc) is 3.79. The predicted octanol–water partition coefficient (Wildman–Crippen LogP) is 6.34. The zero-order valence-electron chi connectivity index (χ0n) is 27.4. The molecule has 2 atom stereocenters. The highest BCUT2D eigenvalue weighted by Crippen LogP contribution is 2.43. The lowest BCUT2D eigenvalue weighted by molar-refractivity contribution is 0.0763. The van der Waals surface area contributed by atoms with Crippen molar-refractivity contribution in [2.24, 2.45) is 0 Å². The van der Waals surface area contributed by atoms with E-state index in [2.05, 4.69) is 0 Å². The number of nitrogens with zero attached hydrogens (tertiary/aromatic N) is 2. The van der Waals surface area contributed by atoms with Gasteiger partial charge in [-0.25, -0.2) is 27.8 Å². The predicted molar refractivity (Wildman–Crippen MR) is 189 cm³/mol. The number of hydrogen-bond acceptors (Lipinski definition) is 8. The Morgan fingerprint density at radius 2 is 1.16 bits per heavy atom. The largest absolute Gasteiger partial charge is 0.447 e. The third-order valence-electron chi connectivity index (χ3n) is 9.77. The molecule has 3 aliphatic rings. The number of sulfone groups is 1. The second-order valence-corrected chi connectivity index (χ2v) is 15.1. The Balaban J connectivity index is 1.24. The van der Waals surface area contributed by atoms with Crippen molar-refractivity contribution < 1.29 is 37.1 Å². The molecular formula is C40H32N2O8S. The molecule has 0 saturated carbocycles. The first-order valence-electron chi connectivity index (χ1n) is 16.6. The Morgan fingerprint density at radius 3 is 1.76 bits per heavy atom. The smallest absolute Gasteiger partial charge is 0.417 e. The summed E-state index contributed by atoms with van der Waals surface area (Å²) >= 11 is 0. The number of hydrogen-bond donors (Lipinski definition) is 0. The lowest BCUT2D eigenvalue weighted by atomic mass is 9.86. The SMILES string of the molecule is O=C1OC[C@H](Cc2ccccc2)N1C(=O)c1ccccc1-c1c2c(cc3c(C(=O)N4C(=O)OC[C@@H]4Cc4ccccc4)cccc13)CS(=O)(=O)C2. The van der Waals surface area contributed by atoms with Gasteiger partial charge in [0.15, 0.2) is 9.84 Å². The molecule has 8 rings (SSSR count). The first-order valence-corrected chi connectivity index (χ1v) is 18.5. The lowest BCUT2D eigenvalue weighted by Gasteiger charge is -2.23. The number of carbonyl (C=O) groups is 4. The molecule has 0 aliphatic carbocycles. The van der Waals surface area contributed by atoms with Gasteiger partial charge in [0.05, 0.1) is 23.6 Å². The van der Waals surface area contributed by atoms with Crippen LogP contribution in [0.3, 0.4) is 0 Å². The molecular weight excluding hydrogens is 669 g/mol. The van der Waals surface area contributed by atoms with E-state index in [-0.39, 0.29) is 35.8 Å². The average molecular weight is 701 g/mol. The van der Waals surface area contributed by atoms with Crippen LogP contribution in [0, 0.1) is 0 Å². The van der Waals surface area contributed by atoms with E-state index in [0.717, 1.165) is 20.9 Å². The fourth-order valence-corrected chi connectivity index (χ4v) is 9.06. The van der Waals surface area contributed by atoms with Crippen molar-refractivity contribution in [3.8, 4) is 11.1 Å². The summed E-state index contributed by atoms with van der Waals surface area (Å²) in [7, 11) is -3.55. The van der Waals surface area contributed by atoms with E-state index < -0.39 is 45.9 Å². The number of imide groups is 2. The van der Waals surface area contributed by atoms with Gasteiger partial charge in [-0.3, -0.25) is 9.59 Å². The molecule has 3 heterocycles. The lowest BCUT2D eigenvalue weighted by Crippen LogP contribution is -2.40. The first kappa shape index (κ1) is 32.4. The zero-order chi connectivity index (χ0) is 35.3. The number of benzene rings is 5. The molecule has 2 saturated heterocycles. The van der Waals surface area contributed by atoms with Gasteiger partial charge < -0.3 is 9.47 Å². The molecule has 5 aromatic carbocycles. The minimum Gasteiger partial charge on any atom is -0.447 e. The van der Waals surface area contributed by atoms with E-state index in [9.17, 15) is 27.6 Å². The zero-order valence-corrected chi connectivity index (χ0v) is 28.2. The van der Waals surface area contributed by atoms with Crippen LogP contribution < -0.4 is 0 Å². The van der Waals surface area contributed by atoms with E-state index in [1.54, 1.807) is 48.5 Å². The number of carbonyl (C=O) groups excluding carboxylic acids is 4. The van der Waals surface area contributed by atoms with Crippen molar-refractivity contribution in [2.45, 2.75) is 36.4 Å². The Labute approximate surface area is 294 Å². The van der Waals surface area contributed by atoms with Crippen LogP contribution in [-0.4, -0.2) is 67.5 Å². The number of cyclic esters (lactones) is 2. The van der Waals surface area contributed by atoms with Crippen LogP contribution in [0.15, 0.2) is 109 Å². The van der Waals surface area contributed by atoms with Gasteiger partial charge in [-0.15, -0.1) is 0 Å². The molecule has 0 unspecified atom stereocenters. The second kappa shape index (κ2) is 12.8. The Morgan fingerprint density at radius 1 is 0.627 bits per heavy atom. The standard InChI is InChI=1S/C40H32N2O8S/c43-37(41-28(21-49-39(41)45)18-25-10-3-1-4-11-25)32-15-8-7-14-30(32)36-31-16-9-17-33(34(31)20-27-23-51(47,48)24-35(27)36)38(44)42-29(22-50-40(42)46)19-26-12-5-2-6-13-26/h1-17,20,28-29H,18-19,21-24H2/t28-,29-/m0/s1. The van der Waals surface area contributed by atoms with Crippen molar-refractivity contribution in [3.63, 3.8) is 0 Å². The second-order valence-electron chi connectivity index (χ2n) is 13.1. The quantitative estimate of drug-likeness (QED) is 0.193. The summed E-state index contributed by atoms with van der Waals surface area (Å²) in [4.78, 5) is 57.0. The third-order valence-corrected chi connectivity index (χ3v) is 11.2. The van der Waals surface area contributed by atoms with Crippen LogP contribution >= 0.6 is 0 Å². The van der Waals surface area contributed by atoms with Gasteiger partial charge >= 0.3 is 12.2 Å². The Kier molecular flexibility index (Phi) is 8.14. The van der Waals surface area contributed by atoms with Gasteiger partial charge in [0.25, 0.3) is 11.8 Å². The van der Waals surface area contributed by atoms with Crippen molar-refractivity contribution in [2.75, 3.05) is 13.2 Å². The highest BCUT2D eigenvalue weighted by Gasteiger charge is 2.41. The van der Waals surface area contributed by atoms with Gasteiger partial charge in [0, 0.05) is 11.1 Å². The molecule has 51 heavy (non-hydrogen) atoms. The maximum absolute atomic E-state index is 14.4. The molecule has 0 radical (unpaired) electrons. The van der Waals surface area contributed by atoms with E-state index in [4.69, 9.17) is 9.47 Å². The fraction of sp³-hybridized carbons (Fsp3) is 0.200. The summed E-state index contributed by atoms with van der Waals surface area (Å²) < 4.78 is 37.0. The molecule has 3 aliphatic heterocycles. The Bertz CT molecular complexity index is 2340. The number of rotatable bonds is 7. The molecule has 11 heteroatoms. The summed E-state index contributed by atoms with van der Waals surface area (Å²) in [5.41, 5.74) is 4.21. The molecule has 0 bridgehead atoms. The van der Waals surface area contributed by atoms with Crippen molar-refractivity contribution in [1.82, 2.24) is 9.80 Å². The normalized spacial score (nSPS) is 19.2. The molecule has 4 amide bonds. The summed E-state index contributed by atoms with van der Waals surface area (Å²) in [6.07, 6.45) is -0.697. The van der Waals surface area contributed by atoms with Gasteiger partial charge in [-0.2, -0.15) is 0 Å². The van der Waals surface area contributed by atoms with E-state index in [1.807, 2.05) is 60.7 Å². The van der Waals surface area contributed by atoms with Gasteiger partial charge in [0.2, 0.25) is 0 Å². The summed E-state index contributed by atoms with van der Waals surface area (Å²) in [6.45, 7) is 0.0853. The number of fused-ring (bicyclic) bond motifs is 2. The summed E-state index contributed by atoms with van der Waals surface area (Å²) in [5.74, 6) is -1.64. The van der Waals surface area contributed by atoms with E-state index in [0.29, 0.717) is 45.9 Å². The van der Waals surface area contributed by atoms with Crippen LogP contribution in [0.25, 0.3) is 21.9 Å². The summed E-state index contributed by atoms with van der Waals surface area (Å²) in [6, 6.07) is 31.5.